The van der Waals surface area contributed by atoms with Gasteiger partial charge in [-0.3, -0.25) is 4.90 Å². The molecule has 2 N–H and O–H groups in total. The van der Waals surface area contributed by atoms with Crippen molar-refractivity contribution < 1.29 is 18.6 Å². The predicted octanol–water partition coefficient (Wildman–Crippen LogP) is 4.09. The summed E-state index contributed by atoms with van der Waals surface area (Å²) in [6.45, 7) is 8.58. The molecule has 3 aliphatic rings. The maximum Gasteiger partial charge on any atom is 0.353 e. The molecule has 2 aromatic rings. The second kappa shape index (κ2) is 12.6. The molecule has 0 spiro atoms. The first-order valence-electron chi connectivity index (χ1n) is 11.4. The number of aromatic nitrogens is 2. The highest BCUT2D eigenvalue weighted by molar-refractivity contribution is 7.18. The Balaban J connectivity index is 0.000000180. The van der Waals surface area contributed by atoms with Crippen LogP contribution < -0.4 is 5.73 Å². The lowest BCUT2D eigenvalue weighted by Crippen LogP contribution is -2.44. The summed E-state index contributed by atoms with van der Waals surface area (Å²) in [7, 11) is 0. The Morgan fingerprint density at radius 2 is 1.94 bits per heavy atom. The number of halogens is 1. The lowest BCUT2D eigenvalue weighted by atomic mass is 9.94. The Morgan fingerprint density at radius 3 is 2.62 bits per heavy atom. The first-order valence-corrected chi connectivity index (χ1v) is 12.6. The summed E-state index contributed by atoms with van der Waals surface area (Å²) >= 11 is 6.55. The standard InChI is InChI=1S/C10H8ClN3O3S.C10H19NO.C2H6/c11-17-10(15)5-1-4-6(2-16-5)18-9-7(4)8(12)13-3-14-9;1-2-4-10(5-3-1)11-6-8-12-9-7-11;1-2/h3,5H,1-2H2,(H2,12,13,14);10H,1-9H2;1-2H3. The van der Waals surface area contributed by atoms with Crippen molar-refractivity contribution in [2.45, 2.75) is 71.1 Å². The third-order valence-electron chi connectivity index (χ3n) is 5.98. The number of nitrogens with zero attached hydrogens (tertiary/aromatic N) is 3. The zero-order valence-corrected chi connectivity index (χ0v) is 20.4. The van der Waals surface area contributed by atoms with Gasteiger partial charge in [0.15, 0.2) is 6.10 Å². The minimum absolute atomic E-state index is 0.326. The average Bonchev–Trinajstić information content (AvgIpc) is 3.25. The van der Waals surface area contributed by atoms with Crippen LogP contribution in [0.3, 0.4) is 0 Å². The lowest BCUT2D eigenvalue weighted by molar-refractivity contribution is -0.148. The number of morpholine rings is 1. The van der Waals surface area contributed by atoms with Crippen LogP contribution in [0, 0.1) is 0 Å². The molecule has 4 heterocycles. The number of rotatable bonds is 2. The summed E-state index contributed by atoms with van der Waals surface area (Å²) < 4.78 is 14.9. The van der Waals surface area contributed by atoms with Crippen LogP contribution in [-0.2, 0) is 31.6 Å². The minimum Gasteiger partial charge on any atom is -0.383 e. The zero-order valence-electron chi connectivity index (χ0n) is 18.8. The number of thiophene rings is 1. The Bertz CT molecular complexity index is 853. The van der Waals surface area contributed by atoms with Gasteiger partial charge in [0.25, 0.3) is 0 Å². The summed E-state index contributed by atoms with van der Waals surface area (Å²) in [6, 6.07) is 0.891. The summed E-state index contributed by atoms with van der Waals surface area (Å²) in [5.41, 5.74) is 6.80. The molecule has 0 amide bonds. The van der Waals surface area contributed by atoms with Crippen LogP contribution >= 0.6 is 23.2 Å². The summed E-state index contributed by atoms with van der Waals surface area (Å²) in [5, 5.41) is 0.799. The second-order valence-electron chi connectivity index (χ2n) is 7.78. The van der Waals surface area contributed by atoms with Crippen molar-refractivity contribution in [1.82, 2.24) is 14.9 Å². The number of hydrogen-bond acceptors (Lipinski definition) is 9. The molecule has 1 atom stereocenters. The van der Waals surface area contributed by atoms with E-state index in [9.17, 15) is 4.79 Å². The summed E-state index contributed by atoms with van der Waals surface area (Å²) in [5.74, 6) is -0.186. The molecule has 2 fully saturated rings. The van der Waals surface area contributed by atoms with Gasteiger partial charge in [0.2, 0.25) is 0 Å². The van der Waals surface area contributed by atoms with E-state index in [4.69, 9.17) is 27.1 Å². The van der Waals surface area contributed by atoms with Crippen molar-refractivity contribution in [3.05, 3.63) is 16.8 Å². The van der Waals surface area contributed by atoms with Gasteiger partial charge in [-0.15, -0.1) is 11.3 Å². The monoisotopic (exact) mass is 484 g/mol. The van der Waals surface area contributed by atoms with Crippen LogP contribution in [-0.4, -0.2) is 59.3 Å². The molecule has 178 valence electrons. The summed E-state index contributed by atoms with van der Waals surface area (Å²) in [6.07, 6.45) is 8.31. The molecule has 1 saturated carbocycles. The molecule has 0 radical (unpaired) electrons. The fourth-order valence-corrected chi connectivity index (χ4v) is 5.60. The number of anilines is 1. The van der Waals surface area contributed by atoms with Crippen LogP contribution in [0.25, 0.3) is 10.2 Å². The van der Waals surface area contributed by atoms with E-state index in [0.29, 0.717) is 18.8 Å². The van der Waals surface area contributed by atoms with Crippen molar-refractivity contribution in [1.29, 1.82) is 0 Å². The molecular weight excluding hydrogens is 452 g/mol. The highest BCUT2D eigenvalue weighted by atomic mass is 35.5. The van der Waals surface area contributed by atoms with Gasteiger partial charge in [-0.2, -0.15) is 0 Å². The van der Waals surface area contributed by atoms with Crippen LogP contribution in [0.5, 0.6) is 0 Å². The molecule has 1 aliphatic carbocycles. The van der Waals surface area contributed by atoms with Crippen LogP contribution in [0.2, 0.25) is 0 Å². The van der Waals surface area contributed by atoms with Crippen molar-refractivity contribution in [3.8, 4) is 0 Å². The number of nitrogen functional groups attached to an aromatic ring is 1. The van der Waals surface area contributed by atoms with Crippen molar-refractivity contribution in [2.24, 2.45) is 0 Å². The third-order valence-corrected chi connectivity index (χ3v) is 7.25. The summed E-state index contributed by atoms with van der Waals surface area (Å²) in [4.78, 5) is 24.0. The maximum atomic E-state index is 11.4. The molecule has 10 heteroatoms. The Kier molecular flexibility index (Phi) is 9.92. The third kappa shape index (κ3) is 6.08. The normalized spacial score (nSPS) is 21.5. The fraction of sp³-hybridized carbons (Fsp3) is 0.682. The molecule has 32 heavy (non-hydrogen) atoms. The van der Waals surface area contributed by atoms with E-state index in [1.807, 2.05) is 13.8 Å². The van der Waals surface area contributed by atoms with E-state index in [2.05, 4.69) is 19.2 Å². The Hall–Kier alpha value is -1.52. The lowest BCUT2D eigenvalue weighted by Gasteiger charge is -2.36. The molecule has 2 aromatic heterocycles. The van der Waals surface area contributed by atoms with Gasteiger partial charge in [0, 0.05) is 30.4 Å². The van der Waals surface area contributed by atoms with E-state index in [0.717, 1.165) is 39.9 Å². The number of hydrogen-bond donors (Lipinski definition) is 1. The molecule has 0 bridgehead atoms. The van der Waals surface area contributed by atoms with Gasteiger partial charge in [0.05, 0.1) is 25.2 Å². The first-order chi connectivity index (χ1) is 15.7. The van der Waals surface area contributed by atoms with Gasteiger partial charge in [-0.05, 0) is 18.4 Å². The number of nitrogens with two attached hydrogens (primary N) is 1. The van der Waals surface area contributed by atoms with Crippen molar-refractivity contribution >= 4 is 45.2 Å². The molecule has 1 unspecified atom stereocenters. The second-order valence-corrected chi connectivity index (χ2v) is 9.02. The highest BCUT2D eigenvalue weighted by Crippen LogP contribution is 2.37. The fourth-order valence-electron chi connectivity index (χ4n) is 4.40. The zero-order chi connectivity index (χ0) is 22.9. The van der Waals surface area contributed by atoms with Gasteiger partial charge >= 0.3 is 5.97 Å². The molecule has 1 saturated heterocycles. The molecule has 5 rings (SSSR count). The number of carbonyl (C=O) groups is 1. The predicted molar refractivity (Wildman–Crippen MR) is 127 cm³/mol. The first kappa shape index (κ1) is 25.1. The number of fused-ring (bicyclic) bond motifs is 3. The van der Waals surface area contributed by atoms with E-state index in [-0.39, 0.29) is 0 Å². The molecular formula is C22H33ClN4O4S. The van der Waals surface area contributed by atoms with Crippen molar-refractivity contribution in [3.63, 3.8) is 0 Å². The van der Waals surface area contributed by atoms with Gasteiger partial charge in [-0.25, -0.2) is 14.8 Å². The molecule has 0 aromatic carbocycles. The SMILES string of the molecule is C1CCC(N2CCOCC2)CC1.CC.Nc1ncnc2sc3c(c12)CC(C(=O)OCl)OC3. The quantitative estimate of drug-likeness (QED) is 0.680. The van der Waals surface area contributed by atoms with Gasteiger partial charge in [0.1, 0.15) is 28.8 Å². The smallest absolute Gasteiger partial charge is 0.353 e. The number of ether oxygens (including phenoxy) is 2. The Labute approximate surface area is 198 Å². The maximum absolute atomic E-state index is 11.4. The minimum atomic E-state index is -0.701. The van der Waals surface area contributed by atoms with E-state index >= 15 is 0 Å². The molecule has 2 aliphatic heterocycles. The van der Waals surface area contributed by atoms with E-state index in [1.165, 1.54) is 62.9 Å². The van der Waals surface area contributed by atoms with Gasteiger partial charge < -0.3 is 19.5 Å². The van der Waals surface area contributed by atoms with Crippen LogP contribution in [0.15, 0.2) is 6.33 Å². The van der Waals surface area contributed by atoms with Gasteiger partial charge in [-0.1, -0.05) is 33.1 Å². The highest BCUT2D eigenvalue weighted by Gasteiger charge is 2.30. The van der Waals surface area contributed by atoms with Crippen LogP contribution in [0.1, 0.15) is 56.4 Å². The van der Waals surface area contributed by atoms with E-state index < -0.39 is 12.1 Å². The van der Waals surface area contributed by atoms with Crippen molar-refractivity contribution in [2.75, 3.05) is 32.0 Å². The largest absolute Gasteiger partial charge is 0.383 e. The molecule has 8 nitrogen and oxygen atoms in total. The Morgan fingerprint density at radius 1 is 1.22 bits per heavy atom. The number of carbonyl (C=O) groups excluding carboxylic acids is 1. The average molecular weight is 485 g/mol. The van der Waals surface area contributed by atoms with Crippen LogP contribution in [0.4, 0.5) is 5.82 Å². The topological polar surface area (TPSA) is 99.8 Å². The van der Waals surface area contributed by atoms with E-state index in [1.54, 1.807) is 0 Å².